The number of nitrogens with zero attached hydrogens (tertiary/aromatic N) is 4. The van der Waals surface area contributed by atoms with Crippen LogP contribution in [0.15, 0.2) is 6.33 Å². The number of hydrogen-bond donors (Lipinski definition) is 0. The SMILES string of the molecule is Cc1nc2sc3c(N4CC5(COC5)C4)ncnc3c2c(C)c1Cl. The summed E-state index contributed by atoms with van der Waals surface area (Å²) in [5.41, 5.74) is 3.25. The van der Waals surface area contributed by atoms with Crippen LogP contribution in [0, 0.1) is 19.3 Å². The van der Waals surface area contributed by atoms with Crippen LogP contribution >= 0.6 is 22.9 Å². The van der Waals surface area contributed by atoms with Gasteiger partial charge in [-0.25, -0.2) is 15.0 Å². The highest BCUT2D eigenvalue weighted by atomic mass is 35.5. The topological polar surface area (TPSA) is 51.1 Å². The number of aromatic nitrogens is 3. The Kier molecular flexibility index (Phi) is 2.73. The third-order valence-electron chi connectivity index (χ3n) is 4.89. The van der Waals surface area contributed by atoms with Gasteiger partial charge in [-0.05, 0) is 19.4 Å². The van der Waals surface area contributed by atoms with Gasteiger partial charge in [0.1, 0.15) is 17.0 Å². The lowest BCUT2D eigenvalue weighted by atomic mass is 9.78. The van der Waals surface area contributed by atoms with Crippen LogP contribution in [0.25, 0.3) is 20.4 Å². The molecule has 3 aromatic rings. The average Bonchev–Trinajstić information content (AvgIpc) is 2.81. The molecule has 0 unspecified atom stereocenters. The van der Waals surface area contributed by atoms with Crippen LogP contribution < -0.4 is 4.90 Å². The number of thiophene rings is 1. The number of ether oxygens (including phenoxy) is 1. The van der Waals surface area contributed by atoms with Crippen molar-refractivity contribution in [2.45, 2.75) is 13.8 Å². The van der Waals surface area contributed by atoms with E-state index >= 15 is 0 Å². The van der Waals surface area contributed by atoms with Crippen molar-refractivity contribution >= 4 is 49.2 Å². The van der Waals surface area contributed by atoms with Crippen LogP contribution in [0.5, 0.6) is 0 Å². The van der Waals surface area contributed by atoms with Crippen LogP contribution in [0.3, 0.4) is 0 Å². The average molecular weight is 347 g/mol. The number of fused-ring (bicyclic) bond motifs is 3. The first-order valence-electron chi connectivity index (χ1n) is 7.61. The van der Waals surface area contributed by atoms with E-state index in [4.69, 9.17) is 16.3 Å². The number of aryl methyl sites for hydroxylation is 2. The summed E-state index contributed by atoms with van der Waals surface area (Å²) in [4.78, 5) is 17.0. The highest BCUT2D eigenvalue weighted by Gasteiger charge is 2.49. The largest absolute Gasteiger partial charge is 0.380 e. The summed E-state index contributed by atoms with van der Waals surface area (Å²) in [7, 11) is 0. The quantitative estimate of drug-likeness (QED) is 0.676. The molecular weight excluding hydrogens is 332 g/mol. The highest BCUT2D eigenvalue weighted by Crippen LogP contribution is 2.45. The maximum absolute atomic E-state index is 6.39. The molecule has 0 aliphatic carbocycles. The molecule has 5 nitrogen and oxygen atoms in total. The third-order valence-corrected chi connectivity index (χ3v) is 6.52. The number of hydrogen-bond acceptors (Lipinski definition) is 6. The monoisotopic (exact) mass is 346 g/mol. The van der Waals surface area contributed by atoms with Crippen LogP contribution in [0.4, 0.5) is 5.82 Å². The van der Waals surface area contributed by atoms with Gasteiger partial charge >= 0.3 is 0 Å². The van der Waals surface area contributed by atoms with Crippen molar-refractivity contribution in [3.8, 4) is 0 Å². The maximum atomic E-state index is 6.39. The Morgan fingerprint density at radius 2 is 2.04 bits per heavy atom. The first kappa shape index (κ1) is 13.9. The number of anilines is 1. The van der Waals surface area contributed by atoms with Gasteiger partial charge in [0.2, 0.25) is 0 Å². The Morgan fingerprint density at radius 3 is 2.74 bits per heavy atom. The molecule has 118 valence electrons. The molecule has 0 bridgehead atoms. The van der Waals surface area contributed by atoms with Crippen LogP contribution in [0.1, 0.15) is 11.3 Å². The van der Waals surface area contributed by atoms with Gasteiger partial charge in [-0.15, -0.1) is 11.3 Å². The fraction of sp³-hybridized carbons (Fsp3) is 0.438. The second kappa shape index (κ2) is 4.53. The van der Waals surface area contributed by atoms with Gasteiger partial charge in [-0.2, -0.15) is 0 Å². The van der Waals surface area contributed by atoms with Crippen molar-refractivity contribution in [1.82, 2.24) is 15.0 Å². The second-order valence-electron chi connectivity index (χ2n) is 6.64. The lowest BCUT2D eigenvalue weighted by Gasteiger charge is -2.55. The minimum absolute atomic E-state index is 0.363. The standard InChI is InChI=1S/C16H15ClN4OS/c1-8-10-12-13(23-15(10)20-9(2)11(8)17)14(19-7-18-12)21-3-16(4-21)5-22-6-16/h7H,3-6H2,1-2H3. The Labute approximate surface area is 142 Å². The van der Waals surface area contributed by atoms with Gasteiger partial charge in [-0.3, -0.25) is 0 Å². The van der Waals surface area contributed by atoms with Gasteiger partial charge in [0.25, 0.3) is 0 Å². The Balaban J connectivity index is 1.70. The van der Waals surface area contributed by atoms with E-state index in [0.717, 1.165) is 68.8 Å². The van der Waals surface area contributed by atoms with Crippen molar-refractivity contribution in [2.75, 3.05) is 31.2 Å². The van der Waals surface area contributed by atoms with Crippen molar-refractivity contribution in [3.05, 3.63) is 22.6 Å². The molecule has 2 saturated heterocycles. The third kappa shape index (κ3) is 1.80. The molecule has 0 N–H and O–H groups in total. The molecule has 2 aliphatic rings. The highest BCUT2D eigenvalue weighted by molar-refractivity contribution is 7.26. The molecule has 23 heavy (non-hydrogen) atoms. The zero-order chi connectivity index (χ0) is 15.8. The summed E-state index contributed by atoms with van der Waals surface area (Å²) in [5, 5.41) is 1.79. The van der Waals surface area contributed by atoms with E-state index in [-0.39, 0.29) is 0 Å². The molecule has 0 amide bonds. The smallest absolute Gasteiger partial charge is 0.150 e. The molecule has 1 spiro atoms. The summed E-state index contributed by atoms with van der Waals surface area (Å²) in [5.74, 6) is 1.02. The molecule has 0 radical (unpaired) electrons. The van der Waals surface area contributed by atoms with E-state index in [0.29, 0.717) is 5.41 Å². The van der Waals surface area contributed by atoms with E-state index in [1.807, 2.05) is 13.8 Å². The minimum Gasteiger partial charge on any atom is -0.380 e. The fourth-order valence-corrected chi connectivity index (χ4v) is 4.99. The van der Waals surface area contributed by atoms with Gasteiger partial charge < -0.3 is 9.64 Å². The number of rotatable bonds is 1. The lowest BCUT2D eigenvalue weighted by molar-refractivity contribution is -0.127. The van der Waals surface area contributed by atoms with Crippen molar-refractivity contribution < 1.29 is 4.74 Å². The fourth-order valence-electron chi connectivity index (χ4n) is 3.60. The van der Waals surface area contributed by atoms with E-state index in [2.05, 4.69) is 19.9 Å². The zero-order valence-corrected chi connectivity index (χ0v) is 14.5. The van der Waals surface area contributed by atoms with Gasteiger partial charge in [-0.1, -0.05) is 11.6 Å². The summed E-state index contributed by atoms with van der Waals surface area (Å²) < 4.78 is 6.47. The Hall–Kier alpha value is -1.50. The normalized spacial score (nSPS) is 19.3. The molecule has 0 aromatic carbocycles. The van der Waals surface area contributed by atoms with E-state index in [9.17, 15) is 0 Å². The summed E-state index contributed by atoms with van der Waals surface area (Å²) >= 11 is 8.05. The van der Waals surface area contributed by atoms with Crippen LogP contribution in [-0.4, -0.2) is 41.3 Å². The summed E-state index contributed by atoms with van der Waals surface area (Å²) in [6.07, 6.45) is 1.65. The predicted molar refractivity (Wildman–Crippen MR) is 92.7 cm³/mol. The predicted octanol–water partition coefficient (Wildman–Crippen LogP) is 3.35. The van der Waals surface area contributed by atoms with E-state index < -0.39 is 0 Å². The first-order chi connectivity index (χ1) is 11.1. The zero-order valence-electron chi connectivity index (χ0n) is 12.9. The molecule has 2 fully saturated rings. The van der Waals surface area contributed by atoms with Gasteiger partial charge in [0.05, 0.1) is 39.6 Å². The molecule has 0 saturated carbocycles. The Morgan fingerprint density at radius 1 is 1.26 bits per heavy atom. The molecule has 5 rings (SSSR count). The van der Waals surface area contributed by atoms with Crippen molar-refractivity contribution in [3.63, 3.8) is 0 Å². The van der Waals surface area contributed by atoms with Gasteiger partial charge in [0.15, 0.2) is 0 Å². The number of halogens is 1. The Bertz CT molecular complexity index is 958. The molecular formula is C16H15ClN4OS. The molecule has 2 aliphatic heterocycles. The molecule has 5 heterocycles. The summed E-state index contributed by atoms with van der Waals surface area (Å²) in [6, 6.07) is 0. The second-order valence-corrected chi connectivity index (χ2v) is 8.02. The van der Waals surface area contributed by atoms with E-state index in [1.54, 1.807) is 17.7 Å². The summed E-state index contributed by atoms with van der Waals surface area (Å²) in [6.45, 7) is 7.76. The van der Waals surface area contributed by atoms with Crippen LogP contribution in [0.2, 0.25) is 5.02 Å². The van der Waals surface area contributed by atoms with Crippen LogP contribution in [-0.2, 0) is 4.74 Å². The lowest BCUT2D eigenvalue weighted by Crippen LogP contribution is -2.66. The minimum atomic E-state index is 0.363. The maximum Gasteiger partial charge on any atom is 0.150 e. The van der Waals surface area contributed by atoms with Gasteiger partial charge in [0, 0.05) is 18.5 Å². The van der Waals surface area contributed by atoms with Crippen molar-refractivity contribution in [1.29, 1.82) is 0 Å². The van der Waals surface area contributed by atoms with Crippen molar-refractivity contribution in [2.24, 2.45) is 5.41 Å². The molecule has 3 aromatic heterocycles. The van der Waals surface area contributed by atoms with E-state index in [1.165, 1.54) is 0 Å². The first-order valence-corrected chi connectivity index (χ1v) is 8.80. The number of pyridine rings is 1. The molecule has 0 atom stereocenters. The molecule has 7 heteroatoms.